The summed E-state index contributed by atoms with van der Waals surface area (Å²) in [4.78, 5) is 9.90. The lowest BCUT2D eigenvalue weighted by Crippen LogP contribution is -2.27. The number of nitrogens with zero attached hydrogens (tertiary/aromatic N) is 1. The summed E-state index contributed by atoms with van der Waals surface area (Å²) in [6.07, 6.45) is -0.875. The molecular formula is C9H12N2O3. The average molecular weight is 196 g/mol. The second-order valence-corrected chi connectivity index (χ2v) is 3.05. The van der Waals surface area contributed by atoms with Crippen molar-refractivity contribution in [3.63, 3.8) is 0 Å². The summed E-state index contributed by atoms with van der Waals surface area (Å²) in [5.41, 5.74) is 2.74. The van der Waals surface area contributed by atoms with Crippen molar-refractivity contribution >= 4 is 0 Å². The summed E-state index contributed by atoms with van der Waals surface area (Å²) in [6.45, 7) is 1.62. The number of aliphatic hydroxyl groups excluding tert-OH is 1. The van der Waals surface area contributed by atoms with Crippen LogP contribution in [-0.4, -0.2) is 16.3 Å². The first-order valence-electron chi connectivity index (χ1n) is 4.20. The highest BCUT2D eigenvalue weighted by Crippen LogP contribution is 2.20. The van der Waals surface area contributed by atoms with Gasteiger partial charge in [-0.15, -0.1) is 4.91 Å². The molecule has 1 rings (SSSR count). The van der Waals surface area contributed by atoms with Crippen LogP contribution >= 0.6 is 0 Å². The molecule has 1 aromatic carbocycles. The summed E-state index contributed by atoms with van der Waals surface area (Å²) in [7, 11) is 0. The molecule has 0 saturated heterocycles. The Bertz CT molecular complexity index is 317. The number of nitroso groups, excluding NO2 is 1. The zero-order chi connectivity index (χ0) is 10.6. The first-order valence-corrected chi connectivity index (χ1v) is 4.20. The van der Waals surface area contributed by atoms with Crippen LogP contribution in [0.4, 0.5) is 0 Å². The number of hydrogen-bond donors (Lipinski definition) is 3. The van der Waals surface area contributed by atoms with Gasteiger partial charge in [-0.1, -0.05) is 12.1 Å². The van der Waals surface area contributed by atoms with Gasteiger partial charge in [0.1, 0.15) is 11.9 Å². The number of hydrogen-bond acceptors (Lipinski definition) is 4. The fraction of sp³-hybridized carbons (Fsp3) is 0.333. The summed E-state index contributed by atoms with van der Waals surface area (Å²) in [5, 5.41) is 21.3. The van der Waals surface area contributed by atoms with Gasteiger partial charge in [0.15, 0.2) is 0 Å². The van der Waals surface area contributed by atoms with Crippen LogP contribution in [0, 0.1) is 4.91 Å². The standard InChI is InChI=1S/C9H12N2O3/c1-6(10-11-14)9(13)7-3-2-4-8(12)5-7/h2-6,9,12-13H,1H3,(H,10,14). The molecule has 14 heavy (non-hydrogen) atoms. The van der Waals surface area contributed by atoms with Crippen molar-refractivity contribution in [2.24, 2.45) is 5.29 Å². The van der Waals surface area contributed by atoms with Crippen molar-refractivity contribution in [2.45, 2.75) is 19.1 Å². The number of rotatable bonds is 4. The maximum absolute atomic E-state index is 9.90. The minimum absolute atomic E-state index is 0.0767. The molecule has 0 fully saturated rings. The molecule has 0 bridgehead atoms. The number of phenolic OH excluding ortho intramolecular Hbond substituents is 1. The molecule has 3 N–H and O–H groups in total. The van der Waals surface area contributed by atoms with E-state index in [2.05, 4.69) is 10.7 Å². The fourth-order valence-electron chi connectivity index (χ4n) is 1.15. The molecule has 5 nitrogen and oxygen atoms in total. The van der Waals surface area contributed by atoms with E-state index in [1.54, 1.807) is 19.1 Å². The number of benzene rings is 1. The van der Waals surface area contributed by atoms with E-state index in [4.69, 9.17) is 5.11 Å². The monoisotopic (exact) mass is 196 g/mol. The van der Waals surface area contributed by atoms with E-state index in [0.717, 1.165) is 0 Å². The van der Waals surface area contributed by atoms with Crippen LogP contribution in [0.3, 0.4) is 0 Å². The van der Waals surface area contributed by atoms with E-state index in [0.29, 0.717) is 5.56 Å². The maximum atomic E-state index is 9.90. The first-order chi connectivity index (χ1) is 6.65. The van der Waals surface area contributed by atoms with Gasteiger partial charge in [0.2, 0.25) is 0 Å². The molecule has 2 atom stereocenters. The summed E-state index contributed by atoms with van der Waals surface area (Å²) in [6, 6.07) is 5.73. The molecule has 76 valence electrons. The van der Waals surface area contributed by atoms with Crippen LogP contribution in [0.15, 0.2) is 29.6 Å². The van der Waals surface area contributed by atoms with E-state index in [9.17, 15) is 10.0 Å². The molecule has 0 saturated carbocycles. The topological polar surface area (TPSA) is 81.9 Å². The molecule has 5 heteroatoms. The molecule has 0 radical (unpaired) electrons. The van der Waals surface area contributed by atoms with Gasteiger partial charge >= 0.3 is 0 Å². The zero-order valence-electron chi connectivity index (χ0n) is 7.71. The van der Waals surface area contributed by atoms with E-state index in [1.807, 2.05) is 0 Å². The van der Waals surface area contributed by atoms with Gasteiger partial charge in [-0.05, 0) is 24.6 Å². The maximum Gasteiger partial charge on any atom is 0.115 e. The molecule has 0 spiro atoms. The largest absolute Gasteiger partial charge is 0.508 e. The third kappa shape index (κ3) is 2.43. The lowest BCUT2D eigenvalue weighted by molar-refractivity contribution is 0.136. The Kier molecular flexibility index (Phi) is 3.41. The van der Waals surface area contributed by atoms with Crippen LogP contribution in [0.5, 0.6) is 5.75 Å². The minimum atomic E-state index is -0.875. The third-order valence-corrected chi connectivity index (χ3v) is 1.94. The van der Waals surface area contributed by atoms with Gasteiger partial charge in [-0.3, -0.25) is 5.43 Å². The zero-order valence-corrected chi connectivity index (χ0v) is 7.71. The van der Waals surface area contributed by atoms with E-state index in [-0.39, 0.29) is 5.75 Å². The number of aromatic hydroxyl groups is 1. The molecule has 0 amide bonds. The average Bonchev–Trinajstić information content (AvgIpc) is 2.17. The summed E-state index contributed by atoms with van der Waals surface area (Å²) < 4.78 is 0. The van der Waals surface area contributed by atoms with Crippen molar-refractivity contribution in [3.8, 4) is 5.75 Å². The lowest BCUT2D eigenvalue weighted by atomic mass is 10.0. The molecule has 0 heterocycles. The second-order valence-electron chi connectivity index (χ2n) is 3.05. The highest BCUT2D eigenvalue weighted by atomic mass is 16.3. The van der Waals surface area contributed by atoms with Gasteiger partial charge < -0.3 is 10.2 Å². The van der Waals surface area contributed by atoms with Crippen molar-refractivity contribution in [3.05, 3.63) is 34.7 Å². The van der Waals surface area contributed by atoms with Crippen LogP contribution in [0.2, 0.25) is 0 Å². The van der Waals surface area contributed by atoms with Crippen molar-refractivity contribution < 1.29 is 10.2 Å². The Hall–Kier alpha value is -1.62. The van der Waals surface area contributed by atoms with Crippen LogP contribution in [0.1, 0.15) is 18.6 Å². The first kappa shape index (κ1) is 10.5. The van der Waals surface area contributed by atoms with Gasteiger partial charge in [0, 0.05) is 5.29 Å². The number of phenols is 1. The van der Waals surface area contributed by atoms with Crippen LogP contribution in [0.25, 0.3) is 0 Å². The molecule has 0 aliphatic rings. The number of aliphatic hydroxyl groups is 1. The smallest absolute Gasteiger partial charge is 0.115 e. The van der Waals surface area contributed by atoms with Gasteiger partial charge in [-0.25, -0.2) is 0 Å². The highest BCUT2D eigenvalue weighted by Gasteiger charge is 2.16. The summed E-state index contributed by atoms with van der Waals surface area (Å²) >= 11 is 0. The second kappa shape index (κ2) is 4.57. The predicted octanol–water partition coefficient (Wildman–Crippen LogP) is 1.09. The molecule has 2 unspecified atom stereocenters. The summed E-state index contributed by atoms with van der Waals surface area (Å²) in [5.74, 6) is 0.0767. The third-order valence-electron chi connectivity index (χ3n) is 1.94. The van der Waals surface area contributed by atoms with Gasteiger partial charge in [0.25, 0.3) is 0 Å². The lowest BCUT2D eigenvalue weighted by Gasteiger charge is -2.17. The van der Waals surface area contributed by atoms with Gasteiger partial charge in [-0.2, -0.15) is 0 Å². The Morgan fingerprint density at radius 1 is 1.50 bits per heavy atom. The quantitative estimate of drug-likeness (QED) is 0.497. The Balaban J connectivity index is 2.77. The van der Waals surface area contributed by atoms with Crippen molar-refractivity contribution in [1.82, 2.24) is 5.43 Å². The molecule has 0 aromatic heterocycles. The van der Waals surface area contributed by atoms with E-state index in [1.165, 1.54) is 12.1 Å². The SMILES string of the molecule is CC(NN=O)C(O)c1cccc(O)c1. The molecule has 1 aromatic rings. The molecule has 0 aliphatic carbocycles. The molecular weight excluding hydrogens is 184 g/mol. The normalized spacial score (nSPS) is 14.4. The predicted molar refractivity (Wildman–Crippen MR) is 51.5 cm³/mol. The highest BCUT2D eigenvalue weighted by molar-refractivity contribution is 5.29. The van der Waals surface area contributed by atoms with Gasteiger partial charge in [0.05, 0.1) is 6.04 Å². The fourth-order valence-corrected chi connectivity index (χ4v) is 1.15. The van der Waals surface area contributed by atoms with E-state index < -0.39 is 12.1 Å². The van der Waals surface area contributed by atoms with Crippen LogP contribution in [-0.2, 0) is 0 Å². The van der Waals surface area contributed by atoms with Crippen molar-refractivity contribution in [2.75, 3.05) is 0 Å². The Morgan fingerprint density at radius 2 is 2.21 bits per heavy atom. The van der Waals surface area contributed by atoms with E-state index >= 15 is 0 Å². The van der Waals surface area contributed by atoms with Crippen LogP contribution < -0.4 is 5.43 Å². The van der Waals surface area contributed by atoms with Crippen molar-refractivity contribution in [1.29, 1.82) is 0 Å². The Labute approximate surface area is 81.3 Å². The molecule has 0 aliphatic heterocycles. The number of nitrogens with one attached hydrogen (secondary N) is 1. The Morgan fingerprint density at radius 3 is 2.79 bits per heavy atom. The minimum Gasteiger partial charge on any atom is -0.508 e.